The topological polar surface area (TPSA) is 107 Å². The molecule has 168 valence electrons. The molecule has 3 heterocycles. The number of carbonyl (C=O) groups excluding carboxylic acids is 2. The van der Waals surface area contributed by atoms with Crippen LogP contribution in [-0.4, -0.2) is 41.5 Å². The first-order chi connectivity index (χ1) is 15.6. The summed E-state index contributed by atoms with van der Waals surface area (Å²) in [4.78, 5) is 35.5. The van der Waals surface area contributed by atoms with Gasteiger partial charge in [-0.2, -0.15) is 0 Å². The molecular formula is C24H22N4O5. The Kier molecular flexibility index (Phi) is 5.95. The Hall–Kier alpha value is -4.40. The molecule has 2 aromatic carbocycles. The van der Waals surface area contributed by atoms with E-state index in [0.29, 0.717) is 34.0 Å². The summed E-state index contributed by atoms with van der Waals surface area (Å²) < 4.78 is 16.9. The molecule has 2 aromatic heterocycles. The van der Waals surface area contributed by atoms with Crippen LogP contribution >= 0.6 is 0 Å². The first-order valence-corrected chi connectivity index (χ1v) is 9.86. The van der Waals surface area contributed by atoms with Gasteiger partial charge in [-0.1, -0.05) is 25.6 Å². The maximum Gasteiger partial charge on any atom is 0.270 e. The molecule has 1 aliphatic rings. The number of benzene rings is 2. The molecule has 9 heteroatoms. The smallest absolute Gasteiger partial charge is 0.270 e. The highest BCUT2D eigenvalue weighted by Crippen LogP contribution is 2.34. The fraction of sp³-hybridized carbons (Fsp3) is 0.167. The van der Waals surface area contributed by atoms with Gasteiger partial charge in [0.2, 0.25) is 0 Å². The van der Waals surface area contributed by atoms with Crippen LogP contribution in [0.15, 0.2) is 71.6 Å². The number of anilines is 1. The second-order valence-corrected chi connectivity index (χ2v) is 7.17. The van der Waals surface area contributed by atoms with E-state index < -0.39 is 11.9 Å². The average Bonchev–Trinajstić information content (AvgIpc) is 3.24. The van der Waals surface area contributed by atoms with E-state index in [1.807, 2.05) is 18.2 Å². The summed E-state index contributed by atoms with van der Waals surface area (Å²) in [6.45, 7) is -0.0362. The summed E-state index contributed by atoms with van der Waals surface area (Å²) in [6.07, 6.45) is 2.81. The molecule has 33 heavy (non-hydrogen) atoms. The Bertz CT molecular complexity index is 1300. The minimum atomic E-state index is -0.903. The quantitative estimate of drug-likeness (QED) is 0.508. The largest absolute Gasteiger partial charge is 0.489 e. The second kappa shape index (κ2) is 8.99. The summed E-state index contributed by atoms with van der Waals surface area (Å²) in [7, 11) is 1.61. The SMILES string of the molecule is C.CN1C(=O)[C@@H](NC(=O)c2cc(Oc3ccccc3)ccn2)COc2cc3ncoc3cc21. The highest BCUT2D eigenvalue weighted by Gasteiger charge is 2.31. The van der Waals surface area contributed by atoms with Crippen LogP contribution in [0.5, 0.6) is 17.2 Å². The van der Waals surface area contributed by atoms with Gasteiger partial charge < -0.3 is 24.1 Å². The molecule has 1 atom stereocenters. The van der Waals surface area contributed by atoms with Gasteiger partial charge in [-0.25, -0.2) is 4.98 Å². The molecule has 4 aromatic rings. The molecule has 0 spiro atoms. The number of ether oxygens (including phenoxy) is 2. The van der Waals surface area contributed by atoms with Crippen molar-refractivity contribution in [2.24, 2.45) is 0 Å². The van der Waals surface area contributed by atoms with Gasteiger partial charge in [0.1, 0.15) is 41.1 Å². The summed E-state index contributed by atoms with van der Waals surface area (Å²) >= 11 is 0. The number of nitrogens with one attached hydrogen (secondary N) is 1. The molecule has 9 nitrogen and oxygen atoms in total. The number of likely N-dealkylation sites (N-methyl/N-ethyl adjacent to an activating group) is 1. The number of rotatable bonds is 4. The van der Waals surface area contributed by atoms with E-state index in [1.165, 1.54) is 23.6 Å². The van der Waals surface area contributed by atoms with Crippen LogP contribution in [0.2, 0.25) is 0 Å². The van der Waals surface area contributed by atoms with Gasteiger partial charge in [0, 0.05) is 31.4 Å². The normalized spacial score (nSPS) is 15.1. The van der Waals surface area contributed by atoms with Crippen molar-refractivity contribution in [1.29, 1.82) is 0 Å². The van der Waals surface area contributed by atoms with Crippen molar-refractivity contribution in [3.8, 4) is 17.2 Å². The van der Waals surface area contributed by atoms with Gasteiger partial charge in [-0.05, 0) is 18.2 Å². The molecule has 2 amide bonds. The number of amides is 2. The number of hydrogen-bond acceptors (Lipinski definition) is 7. The zero-order valence-corrected chi connectivity index (χ0v) is 17.0. The predicted molar refractivity (Wildman–Crippen MR) is 122 cm³/mol. The van der Waals surface area contributed by atoms with Gasteiger partial charge in [0.15, 0.2) is 12.0 Å². The third-order valence-electron chi connectivity index (χ3n) is 5.06. The fourth-order valence-corrected chi connectivity index (χ4v) is 3.41. The maximum absolute atomic E-state index is 13.0. The van der Waals surface area contributed by atoms with E-state index in [2.05, 4.69) is 15.3 Å². The summed E-state index contributed by atoms with van der Waals surface area (Å²) in [5, 5.41) is 2.70. The van der Waals surface area contributed by atoms with Crippen LogP contribution in [-0.2, 0) is 4.79 Å². The number of pyridine rings is 1. The molecule has 0 saturated heterocycles. The molecule has 0 radical (unpaired) electrons. The highest BCUT2D eigenvalue weighted by atomic mass is 16.5. The van der Waals surface area contributed by atoms with Crippen LogP contribution in [0.4, 0.5) is 5.69 Å². The Morgan fingerprint density at radius 2 is 1.94 bits per heavy atom. The zero-order chi connectivity index (χ0) is 22.1. The number of nitrogens with zero attached hydrogens (tertiary/aromatic N) is 3. The lowest BCUT2D eigenvalue weighted by Gasteiger charge is -2.20. The second-order valence-electron chi connectivity index (χ2n) is 7.17. The van der Waals surface area contributed by atoms with Crippen molar-refractivity contribution in [1.82, 2.24) is 15.3 Å². The van der Waals surface area contributed by atoms with E-state index in [4.69, 9.17) is 13.9 Å². The van der Waals surface area contributed by atoms with Crippen molar-refractivity contribution in [2.45, 2.75) is 13.5 Å². The number of para-hydroxylation sites is 1. The summed E-state index contributed by atoms with van der Waals surface area (Å²) in [5.41, 5.74) is 1.81. The predicted octanol–water partition coefficient (Wildman–Crippen LogP) is 3.81. The molecule has 0 unspecified atom stereocenters. The number of oxazole rings is 1. The lowest BCUT2D eigenvalue weighted by molar-refractivity contribution is -0.120. The van der Waals surface area contributed by atoms with E-state index in [0.717, 1.165) is 0 Å². The van der Waals surface area contributed by atoms with Crippen molar-refractivity contribution in [2.75, 3.05) is 18.6 Å². The van der Waals surface area contributed by atoms with Crippen LogP contribution in [0.25, 0.3) is 11.1 Å². The third-order valence-corrected chi connectivity index (χ3v) is 5.06. The highest BCUT2D eigenvalue weighted by molar-refractivity contribution is 6.03. The summed E-state index contributed by atoms with van der Waals surface area (Å²) in [5.74, 6) is 0.736. The number of aromatic nitrogens is 2. The van der Waals surface area contributed by atoms with E-state index >= 15 is 0 Å². The molecule has 0 fully saturated rings. The lowest BCUT2D eigenvalue weighted by Crippen LogP contribution is -2.49. The molecule has 1 aliphatic heterocycles. The standard InChI is InChI=1S/C23H18N4O5.CH4/c1-27-19-11-20-16(25-13-31-20)10-21(19)30-12-18(23(27)29)26-22(28)17-9-15(7-8-24-17)32-14-5-3-2-4-6-14;/h2-11,13,18H,12H2,1H3,(H,26,28);1H4/t18-;/m0./s1. The molecule has 0 bridgehead atoms. The van der Waals surface area contributed by atoms with Gasteiger partial charge in [0.05, 0.1) is 5.69 Å². The van der Waals surface area contributed by atoms with E-state index in [1.54, 1.807) is 37.4 Å². The minimum Gasteiger partial charge on any atom is -0.489 e. The number of fused-ring (bicyclic) bond motifs is 2. The Labute approximate surface area is 190 Å². The average molecular weight is 446 g/mol. The van der Waals surface area contributed by atoms with Gasteiger partial charge >= 0.3 is 0 Å². The Morgan fingerprint density at radius 3 is 2.76 bits per heavy atom. The zero-order valence-electron chi connectivity index (χ0n) is 17.0. The number of carbonyl (C=O) groups is 2. The lowest BCUT2D eigenvalue weighted by atomic mass is 10.2. The fourth-order valence-electron chi connectivity index (χ4n) is 3.41. The molecule has 5 rings (SSSR count). The Morgan fingerprint density at radius 1 is 1.12 bits per heavy atom. The van der Waals surface area contributed by atoms with Crippen LogP contribution in [0.1, 0.15) is 17.9 Å². The molecule has 0 saturated carbocycles. The number of hydrogen-bond donors (Lipinski definition) is 1. The van der Waals surface area contributed by atoms with Crippen LogP contribution < -0.4 is 19.7 Å². The van der Waals surface area contributed by atoms with Crippen molar-refractivity contribution in [3.63, 3.8) is 0 Å². The first-order valence-electron chi connectivity index (χ1n) is 9.86. The minimum absolute atomic E-state index is 0. The van der Waals surface area contributed by atoms with Crippen molar-refractivity contribution >= 4 is 28.6 Å². The van der Waals surface area contributed by atoms with Gasteiger partial charge in [-0.3, -0.25) is 14.6 Å². The first kappa shape index (κ1) is 21.8. The van der Waals surface area contributed by atoms with Gasteiger partial charge in [-0.15, -0.1) is 0 Å². The molecule has 0 aliphatic carbocycles. The Balaban J connectivity index is 0.00000259. The monoisotopic (exact) mass is 446 g/mol. The van der Waals surface area contributed by atoms with Crippen LogP contribution in [0, 0.1) is 0 Å². The van der Waals surface area contributed by atoms with E-state index in [-0.39, 0.29) is 25.6 Å². The maximum atomic E-state index is 13.0. The summed E-state index contributed by atoms with van der Waals surface area (Å²) in [6, 6.07) is 14.9. The van der Waals surface area contributed by atoms with Crippen molar-refractivity contribution < 1.29 is 23.5 Å². The van der Waals surface area contributed by atoms with Gasteiger partial charge in [0.25, 0.3) is 11.8 Å². The van der Waals surface area contributed by atoms with Crippen LogP contribution in [0.3, 0.4) is 0 Å². The van der Waals surface area contributed by atoms with Crippen molar-refractivity contribution in [3.05, 3.63) is 72.9 Å². The van der Waals surface area contributed by atoms with E-state index in [9.17, 15) is 9.59 Å². The molecule has 1 N–H and O–H groups in total. The molecular weight excluding hydrogens is 424 g/mol. The third kappa shape index (κ3) is 4.33.